The lowest BCUT2D eigenvalue weighted by molar-refractivity contribution is -0.116. The lowest BCUT2D eigenvalue weighted by Crippen LogP contribution is -2.16. The molecule has 1 amide bonds. The molecule has 1 aliphatic heterocycles. The van der Waals surface area contributed by atoms with Crippen molar-refractivity contribution < 1.29 is 19.0 Å². The number of hydrogen-bond acceptors (Lipinski definition) is 6. The third-order valence-electron chi connectivity index (χ3n) is 5.89. The van der Waals surface area contributed by atoms with Crippen molar-refractivity contribution in [2.24, 2.45) is 0 Å². The zero-order valence-electron chi connectivity index (χ0n) is 19.4. The number of rotatable bonds is 10. The summed E-state index contributed by atoms with van der Waals surface area (Å²) in [5.41, 5.74) is 4.38. The topological polar surface area (TPSA) is 74.6 Å². The number of thiazole rings is 1. The number of benzene rings is 1. The van der Waals surface area contributed by atoms with E-state index in [2.05, 4.69) is 34.8 Å². The summed E-state index contributed by atoms with van der Waals surface area (Å²) >= 11 is 1.45. The zero-order valence-corrected chi connectivity index (χ0v) is 20.2. The van der Waals surface area contributed by atoms with E-state index in [1.54, 1.807) is 7.11 Å². The molecule has 4 rings (SSSR count). The van der Waals surface area contributed by atoms with Gasteiger partial charge >= 0.3 is 0 Å². The molecule has 3 aromatic rings. The second kappa shape index (κ2) is 10.9. The molecule has 0 spiro atoms. The van der Waals surface area contributed by atoms with E-state index in [4.69, 9.17) is 14.2 Å². The van der Waals surface area contributed by atoms with Crippen LogP contribution in [0.15, 0.2) is 35.7 Å². The summed E-state index contributed by atoms with van der Waals surface area (Å²) in [6, 6.07) is 9.58. The van der Waals surface area contributed by atoms with Crippen LogP contribution in [0.1, 0.15) is 37.1 Å². The van der Waals surface area contributed by atoms with E-state index in [1.165, 1.54) is 22.7 Å². The molecule has 176 valence electrons. The van der Waals surface area contributed by atoms with Gasteiger partial charge in [0.05, 0.1) is 25.5 Å². The first-order valence-electron chi connectivity index (χ1n) is 11.3. The molecule has 0 bridgehead atoms. The van der Waals surface area contributed by atoms with E-state index in [-0.39, 0.29) is 5.91 Å². The fourth-order valence-corrected chi connectivity index (χ4v) is 4.79. The van der Waals surface area contributed by atoms with E-state index >= 15 is 0 Å². The predicted molar refractivity (Wildman–Crippen MR) is 130 cm³/mol. The summed E-state index contributed by atoms with van der Waals surface area (Å²) in [5.74, 6) is 1.49. The van der Waals surface area contributed by atoms with Crippen LogP contribution < -0.4 is 14.8 Å². The smallest absolute Gasteiger partial charge is 0.226 e. The number of methoxy groups -OCH3 is 1. The molecule has 0 unspecified atom stereocenters. The third-order valence-corrected chi connectivity index (χ3v) is 6.64. The second-order valence-corrected chi connectivity index (χ2v) is 9.10. The van der Waals surface area contributed by atoms with Crippen molar-refractivity contribution in [2.75, 3.05) is 25.6 Å². The molecule has 8 heteroatoms. The first kappa shape index (κ1) is 23.3. The Morgan fingerprint density at radius 1 is 1.27 bits per heavy atom. The minimum Gasteiger partial charge on any atom is -0.497 e. The standard InChI is InChI=1S/C25H31N3O4S/c1-17-14-22(18(2)28(17)15-21-6-4-12-32-21)23-16-33-25(26-23)27-24(29)7-5-13-31-20-10-8-19(30-3)9-11-20/h8-11,14,16,21H,4-7,12-13,15H2,1-3H3,(H,26,27,29)/t21-/m0/s1. The van der Waals surface area contributed by atoms with Crippen LogP contribution >= 0.6 is 11.3 Å². The molecule has 0 aliphatic carbocycles. The Labute approximate surface area is 198 Å². The van der Waals surface area contributed by atoms with E-state index in [1.807, 2.05) is 29.6 Å². The van der Waals surface area contributed by atoms with Crippen molar-refractivity contribution in [3.05, 3.63) is 47.1 Å². The molecule has 7 nitrogen and oxygen atoms in total. The highest BCUT2D eigenvalue weighted by molar-refractivity contribution is 7.14. The maximum atomic E-state index is 12.3. The van der Waals surface area contributed by atoms with Gasteiger partial charge in [-0.1, -0.05) is 0 Å². The molecule has 1 saturated heterocycles. The summed E-state index contributed by atoms with van der Waals surface area (Å²) in [6.45, 7) is 6.45. The number of nitrogens with zero attached hydrogens (tertiary/aromatic N) is 2. The molecule has 1 aliphatic rings. The van der Waals surface area contributed by atoms with Gasteiger partial charge in [0, 0.05) is 41.9 Å². The van der Waals surface area contributed by atoms with Crippen molar-refractivity contribution in [3.8, 4) is 22.8 Å². The van der Waals surface area contributed by atoms with E-state index in [0.29, 0.717) is 30.7 Å². The number of anilines is 1. The van der Waals surface area contributed by atoms with Crippen molar-refractivity contribution in [1.82, 2.24) is 9.55 Å². The van der Waals surface area contributed by atoms with E-state index in [0.717, 1.165) is 48.7 Å². The Balaban J connectivity index is 1.27. The third kappa shape index (κ3) is 5.94. The number of aryl methyl sites for hydroxylation is 1. The molecule has 1 aromatic carbocycles. The highest BCUT2D eigenvalue weighted by Gasteiger charge is 2.20. The molecule has 0 saturated carbocycles. The lowest BCUT2D eigenvalue weighted by Gasteiger charge is -2.14. The minimum absolute atomic E-state index is 0.0573. The quantitative estimate of drug-likeness (QED) is 0.413. The number of hydrogen-bond donors (Lipinski definition) is 1. The van der Waals surface area contributed by atoms with Crippen LogP contribution in [0, 0.1) is 13.8 Å². The van der Waals surface area contributed by atoms with Crippen molar-refractivity contribution in [2.45, 2.75) is 52.2 Å². The Hall–Kier alpha value is -2.84. The van der Waals surface area contributed by atoms with E-state index in [9.17, 15) is 4.79 Å². The largest absolute Gasteiger partial charge is 0.497 e. The molecule has 0 radical (unpaired) electrons. The maximum Gasteiger partial charge on any atom is 0.226 e. The molecule has 1 atom stereocenters. The van der Waals surface area contributed by atoms with E-state index < -0.39 is 0 Å². The van der Waals surface area contributed by atoms with Crippen LogP contribution in [0.5, 0.6) is 11.5 Å². The van der Waals surface area contributed by atoms with Gasteiger partial charge in [0.2, 0.25) is 5.91 Å². The van der Waals surface area contributed by atoms with Gasteiger partial charge in [0.25, 0.3) is 0 Å². The van der Waals surface area contributed by atoms with Crippen molar-refractivity contribution in [3.63, 3.8) is 0 Å². The Morgan fingerprint density at radius 3 is 2.79 bits per heavy atom. The number of nitrogens with one attached hydrogen (secondary N) is 1. The average Bonchev–Trinajstić information content (AvgIpc) is 3.55. The van der Waals surface area contributed by atoms with Crippen LogP contribution in [-0.4, -0.2) is 41.9 Å². The zero-order chi connectivity index (χ0) is 23.2. The summed E-state index contributed by atoms with van der Waals surface area (Å²) in [7, 11) is 1.63. The van der Waals surface area contributed by atoms with Gasteiger partial charge < -0.3 is 24.1 Å². The number of ether oxygens (including phenoxy) is 3. The number of carbonyl (C=O) groups is 1. The van der Waals surface area contributed by atoms with Crippen LogP contribution in [0.25, 0.3) is 11.3 Å². The van der Waals surface area contributed by atoms with Gasteiger partial charge in [-0.3, -0.25) is 4.79 Å². The van der Waals surface area contributed by atoms with Crippen LogP contribution in [-0.2, 0) is 16.1 Å². The van der Waals surface area contributed by atoms with Crippen molar-refractivity contribution in [1.29, 1.82) is 0 Å². The molecule has 1 fully saturated rings. The minimum atomic E-state index is -0.0573. The van der Waals surface area contributed by atoms with Crippen LogP contribution in [0.3, 0.4) is 0 Å². The second-order valence-electron chi connectivity index (χ2n) is 8.24. The maximum absolute atomic E-state index is 12.3. The molecule has 33 heavy (non-hydrogen) atoms. The summed E-state index contributed by atoms with van der Waals surface area (Å²) in [4.78, 5) is 17.0. The average molecular weight is 470 g/mol. The van der Waals surface area contributed by atoms with Gasteiger partial charge in [0.15, 0.2) is 5.13 Å². The molecular weight excluding hydrogens is 438 g/mol. The van der Waals surface area contributed by atoms with Gasteiger partial charge in [-0.25, -0.2) is 4.98 Å². The number of aromatic nitrogens is 2. The molecule has 2 aromatic heterocycles. The number of carbonyl (C=O) groups excluding carboxylic acids is 1. The Morgan fingerprint density at radius 2 is 2.06 bits per heavy atom. The fourth-order valence-electron chi connectivity index (χ4n) is 4.06. The van der Waals surface area contributed by atoms with Gasteiger partial charge in [-0.15, -0.1) is 11.3 Å². The van der Waals surface area contributed by atoms with Gasteiger partial charge in [-0.2, -0.15) is 0 Å². The molecule has 3 heterocycles. The summed E-state index contributed by atoms with van der Waals surface area (Å²) in [6.07, 6.45) is 3.55. The van der Waals surface area contributed by atoms with Crippen LogP contribution in [0.2, 0.25) is 0 Å². The first-order valence-corrected chi connectivity index (χ1v) is 12.2. The Kier molecular flexibility index (Phi) is 7.67. The highest BCUT2D eigenvalue weighted by atomic mass is 32.1. The van der Waals surface area contributed by atoms with Gasteiger partial charge in [-0.05, 0) is 63.4 Å². The number of amides is 1. The SMILES string of the molecule is COc1ccc(OCCCC(=O)Nc2nc(-c3cc(C)n(C[C@@H]4CCCO4)c3C)cs2)cc1. The fraction of sp³-hybridized carbons (Fsp3) is 0.440. The lowest BCUT2D eigenvalue weighted by atomic mass is 10.2. The summed E-state index contributed by atoms with van der Waals surface area (Å²) in [5, 5.41) is 5.54. The van der Waals surface area contributed by atoms with Crippen molar-refractivity contribution >= 4 is 22.4 Å². The first-order chi connectivity index (χ1) is 16.0. The van der Waals surface area contributed by atoms with Crippen LogP contribution in [0.4, 0.5) is 5.13 Å². The van der Waals surface area contributed by atoms with Gasteiger partial charge in [0.1, 0.15) is 11.5 Å². The molecular formula is C25H31N3O4S. The molecule has 1 N–H and O–H groups in total. The highest BCUT2D eigenvalue weighted by Crippen LogP contribution is 2.31. The summed E-state index contributed by atoms with van der Waals surface area (Å²) < 4.78 is 18.9. The predicted octanol–water partition coefficient (Wildman–Crippen LogP) is 5.21. The normalized spacial score (nSPS) is 15.5. The monoisotopic (exact) mass is 469 g/mol. The Bertz CT molecular complexity index is 1070.